The zero-order chi connectivity index (χ0) is 7.56. The van der Waals surface area contributed by atoms with Crippen LogP contribution >= 0.6 is 22.4 Å². The lowest BCUT2D eigenvalue weighted by Gasteiger charge is -2.16. The first-order chi connectivity index (χ1) is 4.74. The van der Waals surface area contributed by atoms with Gasteiger partial charge in [-0.3, -0.25) is 0 Å². The van der Waals surface area contributed by atoms with Crippen LogP contribution < -0.4 is 0 Å². The van der Waals surface area contributed by atoms with Crippen LogP contribution in [0.25, 0.3) is 0 Å². The molecule has 10 heavy (non-hydrogen) atoms. The summed E-state index contributed by atoms with van der Waals surface area (Å²) >= 11 is 2.60. The van der Waals surface area contributed by atoms with E-state index >= 15 is 0 Å². The van der Waals surface area contributed by atoms with Crippen LogP contribution in [0.15, 0.2) is 0 Å². The van der Waals surface area contributed by atoms with Crippen molar-refractivity contribution in [3.05, 3.63) is 0 Å². The smallest absolute Gasteiger partial charge is 0.150 e. The Morgan fingerprint density at radius 2 is 2.50 bits per heavy atom. The average molecular weight is 248 g/mol. The van der Waals surface area contributed by atoms with Crippen molar-refractivity contribution in [2.45, 2.75) is 32.3 Å². The van der Waals surface area contributed by atoms with E-state index in [-0.39, 0.29) is 0 Å². The summed E-state index contributed by atoms with van der Waals surface area (Å²) in [4.78, 5) is 0. The van der Waals surface area contributed by atoms with Crippen LogP contribution in [-0.2, 0) is 0 Å². The molecule has 0 saturated carbocycles. The van der Waals surface area contributed by atoms with Gasteiger partial charge in [-0.1, -0.05) is 32.3 Å². The molecule has 0 spiro atoms. The van der Waals surface area contributed by atoms with Gasteiger partial charge in [0.05, 0.1) is 0 Å². The Morgan fingerprint density at radius 3 is 2.90 bits per heavy atom. The van der Waals surface area contributed by atoms with Gasteiger partial charge in [-0.2, -0.15) is 0 Å². The molecule has 0 N–H and O–H groups in total. The molecule has 1 rings (SSSR count). The Hall–Kier alpha value is 0.860. The van der Waals surface area contributed by atoms with Crippen LogP contribution in [0.5, 0.6) is 0 Å². The Kier molecular flexibility index (Phi) is 3.61. The molecule has 0 radical (unpaired) electrons. The van der Waals surface area contributed by atoms with Crippen molar-refractivity contribution in [1.29, 1.82) is 0 Å². The first kappa shape index (κ1) is 8.95. The molecule has 0 nitrogen and oxygen atoms in total. The molecule has 1 aliphatic rings. The van der Waals surface area contributed by atoms with Gasteiger partial charge in [-0.05, 0) is 11.8 Å². The summed E-state index contributed by atoms with van der Waals surface area (Å²) in [6.45, 7) is 2.40. The van der Waals surface area contributed by atoms with Gasteiger partial charge >= 0.3 is 0 Å². The molecule has 1 heterocycles. The second-order valence-electron chi connectivity index (χ2n) is 3.56. The molecule has 1 unspecified atom stereocenters. The van der Waals surface area contributed by atoms with Crippen LogP contribution in [0.4, 0.5) is 0 Å². The second kappa shape index (κ2) is 4.03. The monoisotopic (exact) mass is 248 g/mol. The SMILES string of the molecule is BCC(C)[C@@H]1CCB(I)C1. The molecule has 1 aliphatic heterocycles. The van der Waals surface area contributed by atoms with E-state index in [0.717, 1.165) is 16.4 Å². The van der Waals surface area contributed by atoms with Crippen molar-refractivity contribution in [2.75, 3.05) is 0 Å². The fraction of sp³-hybridized carbons (Fsp3) is 1.00. The van der Waals surface area contributed by atoms with Gasteiger partial charge in [0, 0.05) is 0 Å². The summed E-state index contributed by atoms with van der Waals surface area (Å²) in [7, 11) is 2.31. The van der Waals surface area contributed by atoms with Crippen LogP contribution in [0.2, 0.25) is 19.0 Å². The highest BCUT2D eigenvalue weighted by Gasteiger charge is 2.28. The highest BCUT2D eigenvalue weighted by Crippen LogP contribution is 2.35. The largest absolute Gasteiger partial charge is 0.218 e. The summed E-state index contributed by atoms with van der Waals surface area (Å²) in [5.41, 5.74) is 0. The van der Waals surface area contributed by atoms with E-state index in [2.05, 4.69) is 37.1 Å². The molecule has 2 atom stereocenters. The van der Waals surface area contributed by atoms with Crippen molar-refractivity contribution in [3.63, 3.8) is 0 Å². The highest BCUT2D eigenvalue weighted by molar-refractivity contribution is 14.1. The van der Waals surface area contributed by atoms with E-state index in [1.54, 1.807) is 0 Å². The van der Waals surface area contributed by atoms with Crippen LogP contribution in [0.3, 0.4) is 0 Å². The minimum atomic E-state index is 0.972. The molecule has 0 bridgehead atoms. The topological polar surface area (TPSA) is 0 Å². The second-order valence-corrected chi connectivity index (χ2v) is 5.32. The fourth-order valence-electron chi connectivity index (χ4n) is 1.81. The molecule has 3 heteroatoms. The maximum Gasteiger partial charge on any atom is 0.218 e. The third kappa shape index (κ3) is 2.18. The molecule has 0 aromatic rings. The molecular formula is C7H15B2I. The molecule has 0 aliphatic carbocycles. The first-order valence-corrected chi connectivity index (χ1v) is 5.62. The van der Waals surface area contributed by atoms with Gasteiger partial charge in [-0.25, -0.2) is 0 Å². The van der Waals surface area contributed by atoms with Crippen molar-refractivity contribution in [2.24, 2.45) is 11.8 Å². The van der Waals surface area contributed by atoms with E-state index in [9.17, 15) is 0 Å². The van der Waals surface area contributed by atoms with Crippen molar-refractivity contribution < 1.29 is 0 Å². The average Bonchev–Trinajstić information content (AvgIpc) is 2.34. The molecule has 0 aromatic heterocycles. The number of halogens is 1. The van der Waals surface area contributed by atoms with Crippen molar-refractivity contribution in [3.8, 4) is 0 Å². The highest BCUT2D eigenvalue weighted by atomic mass is 127. The van der Waals surface area contributed by atoms with Crippen molar-refractivity contribution in [1.82, 2.24) is 0 Å². The molecule has 56 valence electrons. The van der Waals surface area contributed by atoms with Gasteiger partial charge in [0.25, 0.3) is 0 Å². The molecule has 0 amide bonds. The predicted molar refractivity (Wildman–Crippen MR) is 60.0 cm³/mol. The summed E-state index contributed by atoms with van der Waals surface area (Å²) in [6, 6.07) is 0. The standard InChI is InChI=1S/C7H15B2I/c1-6(4-8)7-2-3-9(10)5-7/h6-7H,2-5,8H2,1H3/t6?,7-/m1/s1. The fourth-order valence-corrected chi connectivity index (χ4v) is 2.82. The van der Waals surface area contributed by atoms with Gasteiger partial charge < -0.3 is 0 Å². The van der Waals surface area contributed by atoms with E-state index in [1.807, 2.05) is 0 Å². The quantitative estimate of drug-likeness (QED) is 0.518. The third-order valence-corrected chi connectivity index (χ3v) is 3.99. The van der Waals surface area contributed by atoms with E-state index in [1.165, 1.54) is 25.4 Å². The van der Waals surface area contributed by atoms with E-state index in [4.69, 9.17) is 0 Å². The Balaban J connectivity index is 2.29. The lowest BCUT2D eigenvalue weighted by molar-refractivity contribution is 0.424. The molecular weight excluding hydrogens is 233 g/mol. The van der Waals surface area contributed by atoms with Gasteiger partial charge in [0.15, 0.2) is 0 Å². The normalized spacial score (nSPS) is 29.0. The van der Waals surface area contributed by atoms with Crippen LogP contribution in [0, 0.1) is 11.8 Å². The summed E-state index contributed by atoms with van der Waals surface area (Å²) in [5, 5.41) is 0. The lowest BCUT2D eigenvalue weighted by atomic mass is 9.73. The Morgan fingerprint density at radius 1 is 1.80 bits per heavy atom. The summed E-state index contributed by atoms with van der Waals surface area (Å²) in [5.74, 6) is 2.02. The minimum Gasteiger partial charge on any atom is -0.150 e. The van der Waals surface area contributed by atoms with Crippen molar-refractivity contribution >= 4 is 34.8 Å². The van der Waals surface area contributed by atoms with Crippen LogP contribution in [-0.4, -0.2) is 12.4 Å². The predicted octanol–water partition coefficient (Wildman–Crippen LogP) is 2.12. The van der Waals surface area contributed by atoms with E-state index in [0.29, 0.717) is 0 Å². The van der Waals surface area contributed by atoms with Gasteiger partial charge in [-0.15, -0.1) is 22.4 Å². The van der Waals surface area contributed by atoms with Gasteiger partial charge in [0.2, 0.25) is 4.57 Å². The Bertz CT molecular complexity index is 108. The molecule has 1 fully saturated rings. The number of hydrogen-bond acceptors (Lipinski definition) is 0. The van der Waals surface area contributed by atoms with E-state index < -0.39 is 0 Å². The number of rotatable bonds is 2. The number of hydrogen-bond donors (Lipinski definition) is 0. The summed E-state index contributed by atoms with van der Waals surface area (Å²) in [6.07, 6.45) is 5.81. The first-order valence-electron chi connectivity index (χ1n) is 4.38. The maximum atomic E-state index is 2.60. The van der Waals surface area contributed by atoms with Crippen LogP contribution in [0.1, 0.15) is 13.3 Å². The minimum absolute atomic E-state index is 0.972. The zero-order valence-corrected chi connectivity index (χ0v) is 9.10. The maximum absolute atomic E-state index is 2.60. The molecule has 1 saturated heterocycles. The summed E-state index contributed by atoms with van der Waals surface area (Å²) < 4.78 is 0.983. The third-order valence-electron chi connectivity index (χ3n) is 2.86. The lowest BCUT2D eigenvalue weighted by Crippen LogP contribution is -2.07. The Labute approximate surface area is 78.9 Å². The molecule has 0 aromatic carbocycles. The zero-order valence-electron chi connectivity index (χ0n) is 6.94. The van der Waals surface area contributed by atoms with Gasteiger partial charge in [0.1, 0.15) is 7.85 Å².